The highest BCUT2D eigenvalue weighted by molar-refractivity contribution is 5.92. The fourth-order valence-corrected chi connectivity index (χ4v) is 11.9. The third kappa shape index (κ3) is 12.6. The molecule has 0 atom stereocenters. The molecule has 91 heavy (non-hydrogen) atoms. The molecule has 0 fully saturated rings. The van der Waals surface area contributed by atoms with Gasteiger partial charge in [0.1, 0.15) is 11.5 Å². The topological polar surface area (TPSA) is 28.7 Å². The summed E-state index contributed by atoms with van der Waals surface area (Å²) < 4.78 is 7.24. The van der Waals surface area contributed by atoms with Crippen LogP contribution in [0.5, 0.6) is 11.5 Å². The second-order valence-corrected chi connectivity index (χ2v) is 21.9. The summed E-state index contributed by atoms with van der Waals surface area (Å²) in [6, 6.07) is 137. The van der Waals surface area contributed by atoms with E-state index in [1.54, 1.807) is 0 Å². The predicted octanol–water partition coefficient (Wildman–Crippen LogP) is 24.3. The Morgan fingerprint density at radius 1 is 0.121 bits per heavy atom. The second kappa shape index (κ2) is 26.7. The van der Waals surface area contributed by atoms with Crippen LogP contribution in [-0.2, 0) is 0 Å². The number of hydrogen-bond acceptors (Lipinski definition) is 7. The molecular weight excluding hydrogens is 1110 g/mol. The smallest absolute Gasteiger partial charge is 0.131 e. The molecule has 0 unspecified atom stereocenters. The Balaban J connectivity index is 0.961. The number of para-hydroxylation sites is 10. The highest BCUT2D eigenvalue weighted by atomic mass is 16.5. The maximum Gasteiger partial charge on any atom is 0.131 e. The van der Waals surface area contributed by atoms with E-state index < -0.39 is 0 Å². The third-order valence-corrected chi connectivity index (χ3v) is 15.9. The Bertz CT molecular complexity index is 4350. The van der Waals surface area contributed by atoms with Gasteiger partial charge in [-0.05, 0) is 176 Å². The fourth-order valence-electron chi connectivity index (χ4n) is 11.9. The molecule has 0 saturated heterocycles. The lowest BCUT2D eigenvalue weighted by Gasteiger charge is -2.33. The molecule has 7 nitrogen and oxygen atoms in total. The van der Waals surface area contributed by atoms with Gasteiger partial charge < -0.3 is 34.1 Å². The van der Waals surface area contributed by atoms with Gasteiger partial charge in [-0.25, -0.2) is 0 Å². The molecule has 0 saturated carbocycles. The molecule has 0 heterocycles. The number of hydrogen-bond donors (Lipinski definition) is 0. The van der Waals surface area contributed by atoms with Gasteiger partial charge in [0.25, 0.3) is 0 Å². The van der Waals surface area contributed by atoms with E-state index in [0.717, 1.165) is 102 Å². The van der Waals surface area contributed by atoms with Crippen LogP contribution >= 0.6 is 0 Å². The van der Waals surface area contributed by atoms with Gasteiger partial charge in [-0.3, -0.25) is 0 Å². The summed E-state index contributed by atoms with van der Waals surface area (Å²) in [5.41, 5.74) is 17.7. The first kappa shape index (κ1) is 56.5. The number of rotatable bonds is 20. The van der Waals surface area contributed by atoms with Crippen molar-refractivity contribution in [2.45, 2.75) is 0 Å². The zero-order chi connectivity index (χ0) is 61.0. The molecule has 14 aromatic carbocycles. The van der Waals surface area contributed by atoms with Gasteiger partial charge in [-0.1, -0.05) is 194 Å². The summed E-state index contributed by atoms with van der Waals surface area (Å²) in [6.45, 7) is 0. The van der Waals surface area contributed by atoms with E-state index in [4.69, 9.17) is 4.74 Å². The fraction of sp³-hybridized carbons (Fsp3) is 0. The van der Waals surface area contributed by atoms with Crippen LogP contribution in [-0.4, -0.2) is 0 Å². The molecule has 7 heteroatoms. The third-order valence-electron chi connectivity index (χ3n) is 15.9. The Labute approximate surface area is 533 Å². The van der Waals surface area contributed by atoms with Crippen molar-refractivity contribution in [1.82, 2.24) is 0 Å². The highest BCUT2D eigenvalue weighted by Crippen LogP contribution is 2.49. The average Bonchev–Trinajstić information content (AvgIpc) is 1.13. The van der Waals surface area contributed by atoms with Crippen LogP contribution in [0.3, 0.4) is 0 Å². The van der Waals surface area contributed by atoms with Crippen LogP contribution in [0.15, 0.2) is 388 Å². The molecular formula is C84H64N6O. The van der Waals surface area contributed by atoms with Crippen molar-refractivity contribution >= 4 is 102 Å². The van der Waals surface area contributed by atoms with Crippen LogP contribution in [0, 0.1) is 0 Å². The van der Waals surface area contributed by atoms with E-state index in [1.165, 1.54) is 0 Å². The van der Waals surface area contributed by atoms with E-state index in [-0.39, 0.29) is 0 Å². The first-order valence-electron chi connectivity index (χ1n) is 30.6. The average molecular weight is 1170 g/mol. The monoisotopic (exact) mass is 1170 g/mol. The lowest BCUT2D eigenvalue weighted by atomic mass is 10.1. The van der Waals surface area contributed by atoms with E-state index in [9.17, 15) is 0 Å². The Morgan fingerprint density at radius 2 is 0.275 bits per heavy atom. The summed E-state index contributed by atoms with van der Waals surface area (Å²) in [7, 11) is 0. The summed E-state index contributed by atoms with van der Waals surface area (Å²) in [4.78, 5) is 14.0. The van der Waals surface area contributed by atoms with Crippen LogP contribution < -0.4 is 34.1 Å². The highest BCUT2D eigenvalue weighted by Gasteiger charge is 2.25. The lowest BCUT2D eigenvalue weighted by Crippen LogP contribution is -2.17. The standard InChI is InChI=1S/C84H64N6O/c1-11-33-65(34-12-1)85(66-35-13-2-14-36-66)77-55-32-56-83(62-77)91-84-63-81(88(71-45-23-7-24-46-71)72-47-25-8-26-48-72)61-82(64-84)90(74-51-29-10-30-52-74)76-54-31-53-75(57-76)89(73-49-27-9-28-50-73)80-59-78(86(67-37-15-3-16-38-67)68-39-17-4-18-40-68)58-79(60-80)87(69-41-19-5-20-42-69)70-43-21-6-22-44-70/h1-64H. The number of benzene rings is 14. The van der Waals surface area contributed by atoms with Gasteiger partial charge in [0.05, 0.1) is 28.4 Å². The Kier molecular flexibility index (Phi) is 16.6. The van der Waals surface area contributed by atoms with E-state index in [2.05, 4.69) is 399 Å². The van der Waals surface area contributed by atoms with Gasteiger partial charge in [-0.15, -0.1) is 0 Å². The molecule has 0 bridgehead atoms. The second-order valence-electron chi connectivity index (χ2n) is 21.9. The molecule has 0 spiro atoms. The first-order valence-corrected chi connectivity index (χ1v) is 30.6. The molecule has 0 N–H and O–H groups in total. The molecule has 0 aromatic heterocycles. The summed E-state index contributed by atoms with van der Waals surface area (Å²) in [5, 5.41) is 0. The number of ether oxygens (including phenoxy) is 1. The lowest BCUT2D eigenvalue weighted by molar-refractivity contribution is 0.483. The van der Waals surface area contributed by atoms with E-state index in [1.807, 2.05) is 18.2 Å². The minimum absolute atomic E-state index is 0.655. The number of nitrogens with zero attached hydrogens (tertiary/aromatic N) is 6. The van der Waals surface area contributed by atoms with E-state index in [0.29, 0.717) is 11.5 Å². The summed E-state index contributed by atoms with van der Waals surface area (Å²) in [6.07, 6.45) is 0. The minimum atomic E-state index is 0.655. The minimum Gasteiger partial charge on any atom is -0.457 e. The maximum absolute atomic E-state index is 7.24. The van der Waals surface area contributed by atoms with Gasteiger partial charge in [0.2, 0.25) is 0 Å². The molecule has 0 amide bonds. The van der Waals surface area contributed by atoms with Crippen LogP contribution in [0.25, 0.3) is 0 Å². The van der Waals surface area contributed by atoms with Gasteiger partial charge in [0.15, 0.2) is 0 Å². The van der Waals surface area contributed by atoms with Gasteiger partial charge in [-0.2, -0.15) is 0 Å². The summed E-state index contributed by atoms with van der Waals surface area (Å²) in [5.74, 6) is 1.34. The zero-order valence-corrected chi connectivity index (χ0v) is 50.0. The van der Waals surface area contributed by atoms with Crippen molar-refractivity contribution < 1.29 is 4.74 Å². The summed E-state index contributed by atoms with van der Waals surface area (Å²) >= 11 is 0. The largest absolute Gasteiger partial charge is 0.457 e. The normalized spacial score (nSPS) is 10.9. The SMILES string of the molecule is c1ccc(N(c2ccccc2)c2cccc(Oc3cc(N(c4ccccc4)c4ccccc4)cc(N(c4ccccc4)c4cccc(N(c5ccccc5)c5cc(N(c6ccccc6)c6ccccc6)cc(N(c6ccccc6)c6ccccc6)c5)c4)c3)c2)cc1. The maximum atomic E-state index is 7.24. The van der Waals surface area contributed by atoms with Gasteiger partial charge in [0, 0.05) is 92.1 Å². The molecule has 14 aromatic rings. The van der Waals surface area contributed by atoms with Crippen molar-refractivity contribution in [3.8, 4) is 11.5 Å². The predicted molar refractivity (Wildman–Crippen MR) is 381 cm³/mol. The van der Waals surface area contributed by atoms with Crippen molar-refractivity contribution in [2.24, 2.45) is 0 Å². The van der Waals surface area contributed by atoms with Crippen LogP contribution in [0.4, 0.5) is 102 Å². The quantitative estimate of drug-likeness (QED) is 0.0751. The molecule has 436 valence electrons. The molecule has 14 rings (SSSR count). The van der Waals surface area contributed by atoms with Gasteiger partial charge >= 0.3 is 0 Å². The van der Waals surface area contributed by atoms with Crippen molar-refractivity contribution in [3.05, 3.63) is 388 Å². The Morgan fingerprint density at radius 3 is 0.516 bits per heavy atom. The van der Waals surface area contributed by atoms with Crippen molar-refractivity contribution in [3.63, 3.8) is 0 Å². The zero-order valence-electron chi connectivity index (χ0n) is 50.0. The molecule has 0 radical (unpaired) electrons. The van der Waals surface area contributed by atoms with Crippen molar-refractivity contribution in [2.75, 3.05) is 29.4 Å². The van der Waals surface area contributed by atoms with Crippen molar-refractivity contribution in [1.29, 1.82) is 0 Å². The van der Waals surface area contributed by atoms with Crippen LogP contribution in [0.1, 0.15) is 0 Å². The Hall–Kier alpha value is -12.3. The first-order chi connectivity index (χ1) is 45.1. The molecule has 0 aliphatic carbocycles. The molecule has 0 aliphatic heterocycles. The van der Waals surface area contributed by atoms with Crippen LogP contribution in [0.2, 0.25) is 0 Å². The molecule has 0 aliphatic rings. The van der Waals surface area contributed by atoms with E-state index >= 15 is 0 Å². The number of anilines is 18.